The minimum Gasteiger partial charge on any atom is -0.360 e. The Balaban J connectivity index is 0.000001000. The van der Waals surface area contributed by atoms with Crippen LogP contribution >= 0.6 is 24.8 Å². The van der Waals surface area contributed by atoms with Crippen LogP contribution in [0.25, 0.3) is 11.0 Å². The molecule has 3 rings (SSSR count). The van der Waals surface area contributed by atoms with E-state index in [1.807, 2.05) is 0 Å². The molecule has 112 valence electrons. The van der Waals surface area contributed by atoms with E-state index >= 15 is 0 Å². The lowest BCUT2D eigenvalue weighted by Crippen LogP contribution is -2.52. The van der Waals surface area contributed by atoms with Crippen LogP contribution in [-0.2, 0) is 0 Å². The van der Waals surface area contributed by atoms with Crippen molar-refractivity contribution in [2.75, 3.05) is 18.4 Å². The molecule has 6 nitrogen and oxygen atoms in total. The molecule has 0 spiro atoms. The number of fused-ring (bicyclic) bond motifs is 1. The summed E-state index contributed by atoms with van der Waals surface area (Å²) < 4.78 is 27.4. The quantitative estimate of drug-likeness (QED) is 0.781. The highest BCUT2D eigenvalue weighted by atomic mass is 35.5. The van der Waals surface area contributed by atoms with E-state index in [4.69, 9.17) is 0 Å². The van der Waals surface area contributed by atoms with Crippen LogP contribution in [0.2, 0.25) is 0 Å². The topological polar surface area (TPSA) is 78.5 Å². The number of halogens is 4. The molecule has 0 aromatic carbocycles. The number of rotatable bonds is 2. The molecule has 1 atom stereocenters. The van der Waals surface area contributed by atoms with Gasteiger partial charge in [0.05, 0.1) is 24.2 Å². The summed E-state index contributed by atoms with van der Waals surface area (Å²) in [5.74, 6) is -2.40. The average molecular weight is 327 g/mol. The minimum absolute atomic E-state index is 0. The largest absolute Gasteiger partial charge is 0.360 e. The van der Waals surface area contributed by atoms with Crippen molar-refractivity contribution in [1.82, 2.24) is 25.5 Å². The van der Waals surface area contributed by atoms with E-state index in [-0.39, 0.29) is 31.4 Å². The van der Waals surface area contributed by atoms with E-state index in [2.05, 4.69) is 30.8 Å². The molecule has 3 heterocycles. The van der Waals surface area contributed by atoms with Gasteiger partial charge >= 0.3 is 0 Å². The maximum absolute atomic E-state index is 13.7. The summed E-state index contributed by atoms with van der Waals surface area (Å²) >= 11 is 0. The normalized spacial score (nSPS) is 20.8. The second-order valence-corrected chi connectivity index (χ2v) is 4.28. The Labute approximate surface area is 126 Å². The molecular formula is C10H14Cl2F2N6. The predicted molar refractivity (Wildman–Crippen MR) is 76.0 cm³/mol. The molecule has 2 aromatic rings. The molecule has 0 aliphatic carbocycles. The van der Waals surface area contributed by atoms with Crippen LogP contribution in [0, 0.1) is 0 Å². The molecule has 20 heavy (non-hydrogen) atoms. The van der Waals surface area contributed by atoms with Gasteiger partial charge in [0, 0.05) is 0 Å². The van der Waals surface area contributed by atoms with Crippen LogP contribution in [0.3, 0.4) is 0 Å². The van der Waals surface area contributed by atoms with Crippen molar-refractivity contribution in [3.05, 3.63) is 12.5 Å². The number of piperidine rings is 1. The molecular weight excluding hydrogens is 313 g/mol. The Bertz CT molecular complexity index is 563. The summed E-state index contributed by atoms with van der Waals surface area (Å²) in [6, 6.07) is -0.924. The highest BCUT2D eigenvalue weighted by Crippen LogP contribution is 2.27. The summed E-state index contributed by atoms with van der Waals surface area (Å²) in [5.41, 5.74) is 0.532. The maximum atomic E-state index is 13.7. The molecule has 1 aliphatic rings. The lowest BCUT2D eigenvalue weighted by molar-refractivity contribution is -0.0322. The summed E-state index contributed by atoms with van der Waals surface area (Å²) in [6.45, 7) is 0.247. The van der Waals surface area contributed by atoms with Crippen LogP contribution in [-0.4, -0.2) is 45.2 Å². The van der Waals surface area contributed by atoms with Gasteiger partial charge in [0.1, 0.15) is 12.1 Å². The number of aromatic amines is 1. The van der Waals surface area contributed by atoms with Crippen molar-refractivity contribution in [2.45, 2.75) is 18.4 Å². The number of hydrogen-bond acceptors (Lipinski definition) is 5. The third-order valence-corrected chi connectivity index (χ3v) is 3.04. The van der Waals surface area contributed by atoms with Crippen LogP contribution in [0.1, 0.15) is 6.42 Å². The zero-order valence-electron chi connectivity index (χ0n) is 10.3. The average Bonchev–Trinajstić information content (AvgIpc) is 2.81. The van der Waals surface area contributed by atoms with Gasteiger partial charge in [-0.1, -0.05) is 0 Å². The van der Waals surface area contributed by atoms with Gasteiger partial charge in [-0.2, -0.15) is 5.10 Å². The summed E-state index contributed by atoms with van der Waals surface area (Å²) in [7, 11) is 0. The van der Waals surface area contributed by atoms with Gasteiger partial charge in [-0.25, -0.2) is 18.7 Å². The minimum atomic E-state index is -2.79. The van der Waals surface area contributed by atoms with Crippen molar-refractivity contribution in [3.63, 3.8) is 0 Å². The Morgan fingerprint density at radius 1 is 1.30 bits per heavy atom. The molecule has 3 N–H and O–H groups in total. The number of anilines is 1. The molecule has 10 heteroatoms. The second kappa shape index (κ2) is 6.47. The molecule has 1 saturated heterocycles. The first-order chi connectivity index (χ1) is 8.67. The molecule has 1 aliphatic heterocycles. The van der Waals surface area contributed by atoms with Crippen LogP contribution in [0.15, 0.2) is 12.5 Å². The smallest absolute Gasteiger partial charge is 0.279 e. The zero-order valence-corrected chi connectivity index (χ0v) is 11.9. The summed E-state index contributed by atoms with van der Waals surface area (Å²) in [5, 5.41) is 12.6. The van der Waals surface area contributed by atoms with Crippen molar-refractivity contribution < 1.29 is 8.78 Å². The van der Waals surface area contributed by atoms with Crippen LogP contribution < -0.4 is 10.6 Å². The molecule has 1 fully saturated rings. The Kier molecular flexibility index (Phi) is 5.43. The first kappa shape index (κ1) is 16.8. The van der Waals surface area contributed by atoms with Gasteiger partial charge in [0.2, 0.25) is 0 Å². The number of aromatic nitrogens is 4. The maximum Gasteiger partial charge on any atom is 0.279 e. The van der Waals surface area contributed by atoms with E-state index in [1.165, 1.54) is 12.5 Å². The van der Waals surface area contributed by atoms with Crippen LogP contribution in [0.5, 0.6) is 0 Å². The van der Waals surface area contributed by atoms with Gasteiger partial charge in [0.15, 0.2) is 5.65 Å². The first-order valence-corrected chi connectivity index (χ1v) is 5.66. The number of H-pyrrole nitrogens is 1. The third-order valence-electron chi connectivity index (χ3n) is 3.04. The fourth-order valence-electron chi connectivity index (χ4n) is 2.06. The molecule has 0 saturated carbocycles. The van der Waals surface area contributed by atoms with Gasteiger partial charge in [-0.15, -0.1) is 24.8 Å². The fourth-order valence-corrected chi connectivity index (χ4v) is 2.06. The van der Waals surface area contributed by atoms with E-state index in [0.29, 0.717) is 29.8 Å². The first-order valence-electron chi connectivity index (χ1n) is 5.66. The van der Waals surface area contributed by atoms with E-state index in [1.54, 1.807) is 0 Å². The second-order valence-electron chi connectivity index (χ2n) is 4.28. The molecule has 1 unspecified atom stereocenters. The lowest BCUT2D eigenvalue weighted by atomic mass is 10.0. The van der Waals surface area contributed by atoms with Gasteiger partial charge in [-0.3, -0.25) is 5.10 Å². The summed E-state index contributed by atoms with van der Waals surface area (Å²) in [4.78, 5) is 7.97. The predicted octanol–water partition coefficient (Wildman–Crippen LogP) is 1.61. The van der Waals surface area contributed by atoms with Crippen molar-refractivity contribution in [3.8, 4) is 0 Å². The Hall–Kier alpha value is -1.25. The van der Waals surface area contributed by atoms with E-state index in [9.17, 15) is 8.78 Å². The molecule has 0 amide bonds. The number of hydrogen-bond donors (Lipinski definition) is 3. The van der Waals surface area contributed by atoms with Crippen molar-refractivity contribution in [2.24, 2.45) is 0 Å². The molecule has 0 bridgehead atoms. The molecule has 0 radical (unpaired) electrons. The van der Waals surface area contributed by atoms with Gasteiger partial charge in [0.25, 0.3) is 5.92 Å². The highest BCUT2D eigenvalue weighted by molar-refractivity contribution is 5.86. The number of alkyl halides is 2. The number of nitrogens with zero attached hydrogens (tertiary/aromatic N) is 3. The van der Waals surface area contributed by atoms with Gasteiger partial charge in [-0.05, 0) is 13.0 Å². The van der Waals surface area contributed by atoms with E-state index in [0.717, 1.165) is 0 Å². The van der Waals surface area contributed by atoms with Crippen LogP contribution in [0.4, 0.5) is 14.6 Å². The fraction of sp³-hybridized carbons (Fsp3) is 0.500. The standard InChI is InChI=1S/C10H12F2N6.2ClH/c11-10(12)4-13-2-1-7(10)17-8-6-3-16-18-9(6)15-5-14-8;;/h3,5,7,13H,1-2,4H2,(H2,14,15,16,17,18);2*1H. The SMILES string of the molecule is Cl.Cl.FC1(F)CNCCC1Nc1ncnc2[nH]ncc12. The zero-order chi connectivity index (χ0) is 12.6. The number of nitrogens with one attached hydrogen (secondary N) is 3. The van der Waals surface area contributed by atoms with Crippen molar-refractivity contribution in [1.29, 1.82) is 0 Å². The van der Waals surface area contributed by atoms with Gasteiger partial charge < -0.3 is 10.6 Å². The van der Waals surface area contributed by atoms with Crippen molar-refractivity contribution >= 4 is 41.7 Å². The Morgan fingerprint density at radius 3 is 2.85 bits per heavy atom. The lowest BCUT2D eigenvalue weighted by Gasteiger charge is -2.32. The molecule has 2 aromatic heterocycles. The highest BCUT2D eigenvalue weighted by Gasteiger charge is 2.41. The van der Waals surface area contributed by atoms with E-state index < -0.39 is 12.0 Å². The third kappa shape index (κ3) is 3.08. The summed E-state index contributed by atoms with van der Waals surface area (Å²) in [6.07, 6.45) is 3.19. The monoisotopic (exact) mass is 326 g/mol. The Morgan fingerprint density at radius 2 is 2.10 bits per heavy atom.